The van der Waals surface area contributed by atoms with Crippen molar-refractivity contribution in [1.82, 2.24) is 0 Å². The molecule has 27 heavy (non-hydrogen) atoms. The van der Waals surface area contributed by atoms with Crippen LogP contribution in [0.4, 0.5) is 0 Å². The van der Waals surface area contributed by atoms with Crippen molar-refractivity contribution in [3.8, 4) is 0 Å². The number of carbonyl (C=O) groups is 1. The predicted octanol–water partition coefficient (Wildman–Crippen LogP) is 0.391. The van der Waals surface area contributed by atoms with Crippen molar-refractivity contribution in [1.29, 1.82) is 0 Å². The van der Waals surface area contributed by atoms with Crippen LogP contribution in [0.1, 0.15) is 30.1 Å². The van der Waals surface area contributed by atoms with Crippen molar-refractivity contribution in [2.45, 2.75) is 55.9 Å². The summed E-state index contributed by atoms with van der Waals surface area (Å²) in [4.78, 5) is 11.9. The van der Waals surface area contributed by atoms with Crippen LogP contribution < -0.4 is 0 Å². The van der Waals surface area contributed by atoms with E-state index in [0.29, 0.717) is 29.8 Å². The van der Waals surface area contributed by atoms with Crippen LogP contribution in [-0.2, 0) is 20.7 Å². The molecule has 3 rings (SSSR count). The van der Waals surface area contributed by atoms with E-state index in [9.17, 15) is 25.2 Å². The lowest BCUT2D eigenvalue weighted by Gasteiger charge is -2.40. The SMILES string of the molecule is COC1CC(Cc2cc([C@@H]3OC(CO)[C@@H](O)[C@H](O)[C@H]3O)ccc2Cl)CC1=O. The molecule has 1 aromatic carbocycles. The van der Waals surface area contributed by atoms with Crippen molar-refractivity contribution in [3.05, 3.63) is 34.3 Å². The summed E-state index contributed by atoms with van der Waals surface area (Å²) in [5, 5.41) is 40.1. The summed E-state index contributed by atoms with van der Waals surface area (Å²) in [5.74, 6) is 0.203. The van der Waals surface area contributed by atoms with Crippen molar-refractivity contribution < 1.29 is 34.7 Å². The first-order valence-corrected chi connectivity index (χ1v) is 9.37. The van der Waals surface area contributed by atoms with Gasteiger partial charge in [0.05, 0.1) is 6.61 Å². The average Bonchev–Trinajstić information content (AvgIpc) is 3.01. The molecule has 1 heterocycles. The van der Waals surface area contributed by atoms with Gasteiger partial charge in [-0.15, -0.1) is 0 Å². The third-order valence-electron chi connectivity index (χ3n) is 5.48. The highest BCUT2D eigenvalue weighted by atomic mass is 35.5. The molecule has 2 aliphatic rings. The van der Waals surface area contributed by atoms with Gasteiger partial charge in [0.25, 0.3) is 0 Å². The number of aliphatic hydroxyl groups is 4. The molecule has 0 aromatic heterocycles. The fourth-order valence-electron chi connectivity index (χ4n) is 3.93. The number of ketones is 1. The molecule has 7 nitrogen and oxygen atoms in total. The van der Waals surface area contributed by atoms with Gasteiger partial charge < -0.3 is 29.9 Å². The molecule has 1 aliphatic heterocycles. The minimum Gasteiger partial charge on any atom is -0.394 e. The fourth-order valence-corrected chi connectivity index (χ4v) is 4.13. The lowest BCUT2D eigenvalue weighted by atomic mass is 9.89. The van der Waals surface area contributed by atoms with Crippen LogP contribution in [0.25, 0.3) is 0 Å². The number of carbonyl (C=O) groups excluding carboxylic acids is 1. The molecule has 1 aromatic rings. The number of aliphatic hydroxyl groups excluding tert-OH is 4. The normalized spacial score (nSPS) is 37.0. The first kappa shape index (κ1) is 20.7. The van der Waals surface area contributed by atoms with Gasteiger partial charge in [-0.25, -0.2) is 0 Å². The highest BCUT2D eigenvalue weighted by Gasteiger charge is 2.44. The summed E-state index contributed by atoms with van der Waals surface area (Å²) in [5.41, 5.74) is 1.39. The summed E-state index contributed by atoms with van der Waals surface area (Å²) in [6, 6.07) is 5.13. The lowest BCUT2D eigenvalue weighted by molar-refractivity contribution is -0.231. The number of Topliss-reactive ketones (excluding diaryl/α,β-unsaturated/α-hetero) is 1. The van der Waals surface area contributed by atoms with E-state index in [-0.39, 0.29) is 17.8 Å². The Bertz CT molecular complexity index is 680. The molecule has 7 atom stereocenters. The van der Waals surface area contributed by atoms with Gasteiger partial charge in [0, 0.05) is 18.6 Å². The maximum Gasteiger partial charge on any atom is 0.161 e. The first-order chi connectivity index (χ1) is 12.8. The number of benzene rings is 1. The average molecular weight is 401 g/mol. The molecule has 4 N–H and O–H groups in total. The van der Waals surface area contributed by atoms with Gasteiger partial charge in [0.15, 0.2) is 5.78 Å². The second-order valence-electron chi connectivity index (χ2n) is 7.30. The lowest BCUT2D eigenvalue weighted by Crippen LogP contribution is -2.55. The molecule has 1 aliphatic carbocycles. The number of rotatable bonds is 5. The van der Waals surface area contributed by atoms with Crippen LogP contribution in [0.5, 0.6) is 0 Å². The summed E-state index contributed by atoms with van der Waals surface area (Å²) in [7, 11) is 1.53. The van der Waals surface area contributed by atoms with E-state index in [1.165, 1.54) is 7.11 Å². The predicted molar refractivity (Wildman–Crippen MR) is 96.4 cm³/mol. The molecule has 3 unspecified atom stereocenters. The van der Waals surface area contributed by atoms with Gasteiger partial charge >= 0.3 is 0 Å². The van der Waals surface area contributed by atoms with Crippen molar-refractivity contribution >= 4 is 17.4 Å². The van der Waals surface area contributed by atoms with Gasteiger partial charge in [0.1, 0.15) is 36.6 Å². The Hall–Kier alpha value is -1.06. The molecular weight excluding hydrogens is 376 g/mol. The minimum absolute atomic E-state index is 0.0868. The molecule has 0 radical (unpaired) electrons. The van der Waals surface area contributed by atoms with Crippen molar-refractivity contribution in [3.63, 3.8) is 0 Å². The van der Waals surface area contributed by atoms with Crippen LogP contribution >= 0.6 is 11.6 Å². The third kappa shape index (κ3) is 4.19. The summed E-state index contributed by atoms with van der Waals surface area (Å²) < 4.78 is 10.8. The van der Waals surface area contributed by atoms with E-state index >= 15 is 0 Å². The third-order valence-corrected chi connectivity index (χ3v) is 5.85. The molecule has 0 amide bonds. The molecule has 150 valence electrons. The van der Waals surface area contributed by atoms with Gasteiger partial charge in [-0.05, 0) is 36.0 Å². The maximum absolute atomic E-state index is 11.9. The Balaban J connectivity index is 1.79. The first-order valence-electron chi connectivity index (χ1n) is 9.00. The fraction of sp³-hybridized carbons (Fsp3) is 0.632. The van der Waals surface area contributed by atoms with E-state index in [1.807, 2.05) is 0 Å². The second kappa shape index (κ2) is 8.53. The molecule has 0 bridgehead atoms. The number of ether oxygens (including phenoxy) is 2. The zero-order chi connectivity index (χ0) is 19.7. The van der Waals surface area contributed by atoms with Crippen molar-refractivity contribution in [2.75, 3.05) is 13.7 Å². The smallest absolute Gasteiger partial charge is 0.161 e. The van der Waals surface area contributed by atoms with E-state index in [4.69, 9.17) is 21.1 Å². The zero-order valence-corrected chi connectivity index (χ0v) is 15.7. The Morgan fingerprint density at radius 3 is 2.59 bits per heavy atom. The van der Waals surface area contributed by atoms with Crippen LogP contribution in [-0.4, -0.2) is 70.4 Å². The zero-order valence-electron chi connectivity index (χ0n) is 15.0. The van der Waals surface area contributed by atoms with Gasteiger partial charge in [-0.3, -0.25) is 4.79 Å². The Labute approximate surface area is 162 Å². The summed E-state index contributed by atoms with van der Waals surface area (Å²) >= 11 is 6.32. The van der Waals surface area contributed by atoms with E-state index < -0.39 is 37.1 Å². The minimum atomic E-state index is -1.44. The summed E-state index contributed by atoms with van der Waals surface area (Å²) in [6.07, 6.45) is -4.79. The highest BCUT2D eigenvalue weighted by molar-refractivity contribution is 6.31. The largest absolute Gasteiger partial charge is 0.394 e. The van der Waals surface area contributed by atoms with Gasteiger partial charge in [0.2, 0.25) is 0 Å². The number of hydrogen-bond donors (Lipinski definition) is 4. The highest BCUT2D eigenvalue weighted by Crippen LogP contribution is 2.36. The van der Waals surface area contributed by atoms with E-state index in [0.717, 1.165) is 5.56 Å². The Morgan fingerprint density at radius 1 is 1.22 bits per heavy atom. The number of hydrogen-bond acceptors (Lipinski definition) is 7. The van der Waals surface area contributed by atoms with Crippen LogP contribution in [0.2, 0.25) is 5.02 Å². The van der Waals surface area contributed by atoms with Gasteiger partial charge in [-0.2, -0.15) is 0 Å². The van der Waals surface area contributed by atoms with Crippen LogP contribution in [0.3, 0.4) is 0 Å². The molecule has 1 saturated carbocycles. The molecular formula is C19H25ClO7. The molecule has 8 heteroatoms. The number of halogens is 1. The molecule has 1 saturated heterocycles. The van der Waals surface area contributed by atoms with E-state index in [1.54, 1.807) is 18.2 Å². The van der Waals surface area contributed by atoms with Crippen LogP contribution in [0.15, 0.2) is 18.2 Å². The van der Waals surface area contributed by atoms with E-state index in [2.05, 4.69) is 0 Å². The Morgan fingerprint density at radius 2 is 1.96 bits per heavy atom. The number of methoxy groups -OCH3 is 1. The Kier molecular flexibility index (Phi) is 6.53. The second-order valence-corrected chi connectivity index (χ2v) is 7.71. The summed E-state index contributed by atoms with van der Waals surface area (Å²) in [6.45, 7) is -0.482. The monoisotopic (exact) mass is 400 g/mol. The quantitative estimate of drug-likeness (QED) is 0.565. The molecule has 0 spiro atoms. The topological polar surface area (TPSA) is 116 Å². The van der Waals surface area contributed by atoms with Crippen molar-refractivity contribution in [2.24, 2.45) is 5.92 Å². The standard InChI is InChI=1S/C19H25ClO7/c1-26-14-6-9(5-13(14)22)4-11-7-10(2-3-12(11)20)19-18(25)17(24)16(23)15(8-21)27-19/h2-3,7,9,14-19,21,23-25H,4-6,8H2,1H3/t9?,14?,15?,16-,17+,18-,19+/m1/s1. The van der Waals surface area contributed by atoms with Crippen LogP contribution in [0, 0.1) is 5.92 Å². The molecule has 2 fully saturated rings. The maximum atomic E-state index is 11.9. The van der Waals surface area contributed by atoms with Gasteiger partial charge in [-0.1, -0.05) is 23.7 Å².